The molecule has 34 heavy (non-hydrogen) atoms. The molecule has 5 nitrogen and oxygen atoms in total. The van der Waals surface area contributed by atoms with Gasteiger partial charge >= 0.3 is 11.9 Å². The van der Waals surface area contributed by atoms with Gasteiger partial charge in [0.15, 0.2) is 0 Å². The number of aliphatic carboxylic acids is 1. The summed E-state index contributed by atoms with van der Waals surface area (Å²) in [5.41, 5.74) is 0.858. The zero-order valence-corrected chi connectivity index (χ0v) is 22.8. The lowest BCUT2D eigenvalue weighted by atomic mass is 9.68. The van der Waals surface area contributed by atoms with Crippen LogP contribution in [0.4, 0.5) is 0 Å². The van der Waals surface area contributed by atoms with E-state index in [1.54, 1.807) is 11.8 Å². The van der Waals surface area contributed by atoms with Crippen LogP contribution in [0.1, 0.15) is 123 Å². The third-order valence-corrected chi connectivity index (χ3v) is 8.67. The number of hydrogen-bond donors (Lipinski definition) is 2. The van der Waals surface area contributed by atoms with Crippen molar-refractivity contribution in [1.29, 1.82) is 0 Å². The van der Waals surface area contributed by atoms with E-state index in [0.29, 0.717) is 18.6 Å². The Labute approximate surface area is 212 Å². The van der Waals surface area contributed by atoms with E-state index in [1.807, 2.05) is 6.92 Å². The van der Waals surface area contributed by atoms with E-state index in [0.717, 1.165) is 19.3 Å². The van der Waals surface area contributed by atoms with Crippen LogP contribution in [0.5, 0.6) is 0 Å². The van der Waals surface area contributed by atoms with Crippen LogP contribution in [0.3, 0.4) is 0 Å². The van der Waals surface area contributed by atoms with Gasteiger partial charge in [0.2, 0.25) is 0 Å². The van der Waals surface area contributed by atoms with Crippen LogP contribution in [-0.4, -0.2) is 46.4 Å². The maximum absolute atomic E-state index is 11.5. The summed E-state index contributed by atoms with van der Waals surface area (Å²) >= 11 is 1.61. The molecule has 0 aromatic carbocycles. The topological polar surface area (TPSA) is 83.8 Å². The maximum atomic E-state index is 11.5. The van der Waals surface area contributed by atoms with E-state index in [4.69, 9.17) is 9.84 Å². The number of allylic oxidation sites excluding steroid dienone is 1. The van der Waals surface area contributed by atoms with Crippen molar-refractivity contribution in [2.45, 2.75) is 134 Å². The van der Waals surface area contributed by atoms with Gasteiger partial charge < -0.3 is 14.9 Å². The first-order chi connectivity index (χ1) is 16.3. The summed E-state index contributed by atoms with van der Waals surface area (Å²) in [5, 5.41) is 20.3. The second-order valence-corrected chi connectivity index (χ2v) is 11.5. The van der Waals surface area contributed by atoms with E-state index in [-0.39, 0.29) is 17.6 Å². The third-order valence-electron chi connectivity index (χ3n) is 7.31. The molecule has 6 heteroatoms. The van der Waals surface area contributed by atoms with Crippen LogP contribution in [0, 0.1) is 5.41 Å². The number of carbonyl (C=O) groups excluding carboxylic acids is 1. The molecule has 0 amide bonds. The predicted octanol–water partition coefficient (Wildman–Crippen LogP) is 7.30. The Morgan fingerprint density at radius 2 is 1.62 bits per heavy atom. The fourth-order valence-corrected chi connectivity index (χ4v) is 6.31. The Bertz CT molecular complexity index is 606. The molecule has 1 rings (SSSR count). The minimum Gasteiger partial charge on any atom is -0.481 e. The number of carbonyl (C=O) groups is 2. The molecule has 0 heterocycles. The number of rotatable bonds is 19. The molecule has 0 radical (unpaired) electrons. The van der Waals surface area contributed by atoms with Crippen molar-refractivity contribution in [1.82, 2.24) is 0 Å². The van der Waals surface area contributed by atoms with Crippen molar-refractivity contribution in [2.75, 3.05) is 12.9 Å². The van der Waals surface area contributed by atoms with Crippen LogP contribution >= 0.6 is 11.8 Å². The average Bonchev–Trinajstić information content (AvgIpc) is 2.82. The summed E-state index contributed by atoms with van der Waals surface area (Å²) in [6, 6.07) is 0. The van der Waals surface area contributed by atoms with Crippen molar-refractivity contribution in [2.24, 2.45) is 5.41 Å². The summed E-state index contributed by atoms with van der Waals surface area (Å²) in [4.78, 5) is 22.6. The summed E-state index contributed by atoms with van der Waals surface area (Å²) in [6.07, 6.45) is 19.9. The van der Waals surface area contributed by atoms with Crippen LogP contribution in [0.2, 0.25) is 0 Å². The van der Waals surface area contributed by atoms with Crippen molar-refractivity contribution in [3.05, 3.63) is 11.6 Å². The summed E-state index contributed by atoms with van der Waals surface area (Å²) in [5.74, 6) is -0.460. The Morgan fingerprint density at radius 3 is 2.18 bits per heavy atom. The smallest absolute Gasteiger partial charge is 0.306 e. The SMILES string of the molecule is CCCCCCCCCCCCCC=C1CC[C@@](C)(CCC(=O)O)[C@@H](O)[C@H]1SCCC(=O)OC. The van der Waals surface area contributed by atoms with Gasteiger partial charge in [0, 0.05) is 12.2 Å². The molecule has 0 unspecified atom stereocenters. The largest absolute Gasteiger partial charge is 0.481 e. The van der Waals surface area contributed by atoms with Crippen LogP contribution in [0.25, 0.3) is 0 Å². The number of thioether (sulfide) groups is 1. The van der Waals surface area contributed by atoms with Crippen LogP contribution < -0.4 is 0 Å². The second kappa shape index (κ2) is 18.3. The van der Waals surface area contributed by atoms with Gasteiger partial charge in [0.05, 0.1) is 24.9 Å². The van der Waals surface area contributed by atoms with Crippen molar-refractivity contribution in [3.8, 4) is 0 Å². The molecule has 198 valence electrons. The normalized spacial score (nSPS) is 23.8. The minimum absolute atomic E-state index is 0.0743. The molecule has 2 N–H and O–H groups in total. The first-order valence-electron chi connectivity index (χ1n) is 13.6. The van der Waals surface area contributed by atoms with E-state index in [9.17, 15) is 14.7 Å². The molecule has 0 aromatic heterocycles. The standard InChI is InChI=1S/C28H50O5S/c1-4-5-6-7-8-9-10-11-12-13-14-15-16-23-17-20-28(2,21-18-24(29)30)27(32)26(23)34-22-19-25(31)33-3/h16,26-27,32H,4-15,17-22H2,1-3H3,(H,29,30)/t26-,27-,28-/m0/s1. The highest BCUT2D eigenvalue weighted by Gasteiger charge is 2.43. The summed E-state index contributed by atoms with van der Waals surface area (Å²) in [6.45, 7) is 4.27. The molecule has 1 aliphatic rings. The molecule has 1 aliphatic carbocycles. The molecular weight excluding hydrogens is 448 g/mol. The molecule has 0 spiro atoms. The van der Waals surface area contributed by atoms with Crippen molar-refractivity contribution in [3.63, 3.8) is 0 Å². The molecule has 0 bridgehead atoms. The van der Waals surface area contributed by atoms with Gasteiger partial charge in [0.1, 0.15) is 0 Å². The summed E-state index contributed by atoms with van der Waals surface area (Å²) in [7, 11) is 1.39. The first kappa shape index (κ1) is 31.0. The number of aliphatic hydroxyl groups is 1. The summed E-state index contributed by atoms with van der Waals surface area (Å²) < 4.78 is 4.75. The Kier molecular flexibility index (Phi) is 16.7. The zero-order valence-electron chi connectivity index (χ0n) is 22.0. The number of methoxy groups -OCH3 is 1. The Hall–Kier alpha value is -1.01. The lowest BCUT2D eigenvalue weighted by Crippen LogP contribution is -2.45. The number of carboxylic acid groups (broad SMARTS) is 1. The highest BCUT2D eigenvalue weighted by molar-refractivity contribution is 8.00. The quantitative estimate of drug-likeness (QED) is 0.110. The molecule has 3 atom stereocenters. The highest BCUT2D eigenvalue weighted by Crippen LogP contribution is 2.46. The van der Waals surface area contributed by atoms with Gasteiger partial charge in [-0.05, 0) is 37.5 Å². The van der Waals surface area contributed by atoms with Gasteiger partial charge in [0.25, 0.3) is 0 Å². The first-order valence-corrected chi connectivity index (χ1v) is 14.7. The van der Waals surface area contributed by atoms with Crippen LogP contribution in [0.15, 0.2) is 11.6 Å². The number of carboxylic acids is 1. The second-order valence-electron chi connectivity index (χ2n) is 10.2. The lowest BCUT2D eigenvalue weighted by molar-refractivity contribution is -0.140. The molecule has 0 saturated heterocycles. The van der Waals surface area contributed by atoms with Crippen molar-refractivity contribution < 1.29 is 24.5 Å². The van der Waals surface area contributed by atoms with E-state index < -0.39 is 17.5 Å². The van der Waals surface area contributed by atoms with Crippen molar-refractivity contribution >= 4 is 23.7 Å². The number of hydrogen-bond acceptors (Lipinski definition) is 5. The number of unbranched alkanes of at least 4 members (excludes halogenated alkanes) is 11. The molecule has 0 aliphatic heterocycles. The minimum atomic E-state index is -0.818. The lowest BCUT2D eigenvalue weighted by Gasteiger charge is -2.44. The average molecular weight is 499 g/mol. The maximum Gasteiger partial charge on any atom is 0.306 e. The Morgan fingerprint density at radius 1 is 1.03 bits per heavy atom. The van der Waals surface area contributed by atoms with Crippen LogP contribution in [-0.2, 0) is 14.3 Å². The van der Waals surface area contributed by atoms with E-state index in [2.05, 4.69) is 13.0 Å². The molecule has 1 fully saturated rings. The van der Waals surface area contributed by atoms with E-state index in [1.165, 1.54) is 83.3 Å². The van der Waals surface area contributed by atoms with Gasteiger partial charge in [-0.3, -0.25) is 9.59 Å². The molecule has 1 saturated carbocycles. The monoisotopic (exact) mass is 498 g/mol. The number of aliphatic hydroxyl groups excluding tert-OH is 1. The molecule has 0 aromatic rings. The highest BCUT2D eigenvalue weighted by atomic mass is 32.2. The zero-order chi connectivity index (χ0) is 25.2. The van der Waals surface area contributed by atoms with Gasteiger partial charge in [-0.15, -0.1) is 0 Å². The fourth-order valence-electron chi connectivity index (χ4n) is 4.84. The van der Waals surface area contributed by atoms with E-state index >= 15 is 0 Å². The third kappa shape index (κ3) is 12.6. The number of esters is 1. The van der Waals surface area contributed by atoms with Gasteiger partial charge in [-0.2, -0.15) is 11.8 Å². The predicted molar refractivity (Wildman–Crippen MR) is 142 cm³/mol. The number of ether oxygens (including phenoxy) is 1. The van der Waals surface area contributed by atoms with Gasteiger partial charge in [-0.1, -0.05) is 89.7 Å². The molecular formula is C28H50O5S. The fraction of sp³-hybridized carbons (Fsp3) is 0.857. The Balaban J connectivity index is 2.46. The van der Waals surface area contributed by atoms with Gasteiger partial charge in [-0.25, -0.2) is 0 Å².